The molecule has 198 valence electrons. The third-order valence-corrected chi connectivity index (χ3v) is 6.59. The third kappa shape index (κ3) is 23.6. The van der Waals surface area contributed by atoms with Crippen molar-refractivity contribution in [2.24, 2.45) is 5.92 Å². The Labute approximate surface area is 210 Å². The Morgan fingerprint density at radius 1 is 0.618 bits per heavy atom. The van der Waals surface area contributed by atoms with Gasteiger partial charge in [-0.3, -0.25) is 9.59 Å². The van der Waals surface area contributed by atoms with Crippen molar-refractivity contribution in [2.75, 3.05) is 6.61 Å². The van der Waals surface area contributed by atoms with Gasteiger partial charge in [-0.05, 0) is 19.3 Å². The molecule has 0 aliphatic carbocycles. The van der Waals surface area contributed by atoms with Crippen LogP contribution in [-0.4, -0.2) is 23.7 Å². The number of carbonyl (C=O) groups excluding carboxylic acids is 1. The number of carboxylic acid groups (broad SMARTS) is 1. The van der Waals surface area contributed by atoms with E-state index >= 15 is 0 Å². The second-order valence-corrected chi connectivity index (χ2v) is 9.79. The van der Waals surface area contributed by atoms with Gasteiger partial charge in [-0.2, -0.15) is 0 Å². The number of carboxylic acids is 1. The van der Waals surface area contributed by atoms with Crippen molar-refractivity contribution in [1.82, 2.24) is 0 Å². The molecule has 34 heavy (non-hydrogen) atoms. The van der Waals surface area contributed by atoms with Crippen LogP contribution in [0.2, 0.25) is 0 Å². The molecule has 1 N–H and O–H groups in total. The summed E-state index contributed by atoms with van der Waals surface area (Å²) < 4.78 is 4.90. The van der Waals surface area contributed by atoms with Gasteiger partial charge in [-0.15, -0.1) is 6.58 Å². The van der Waals surface area contributed by atoms with E-state index in [1.165, 1.54) is 115 Å². The lowest BCUT2D eigenvalue weighted by Gasteiger charge is -2.11. The Kier molecular flexibility index (Phi) is 24.8. The number of unbranched alkanes of at least 4 members (excludes halogenated alkanes) is 19. The van der Waals surface area contributed by atoms with Gasteiger partial charge < -0.3 is 9.84 Å². The first kappa shape index (κ1) is 32.4. The van der Waals surface area contributed by atoms with E-state index in [4.69, 9.17) is 4.74 Å². The zero-order valence-electron chi connectivity index (χ0n) is 22.1. The van der Waals surface area contributed by atoms with Gasteiger partial charge in [0.1, 0.15) is 6.61 Å². The van der Waals surface area contributed by atoms with Crippen LogP contribution in [0, 0.1) is 5.92 Å². The van der Waals surface area contributed by atoms with E-state index in [1.54, 1.807) is 0 Å². The van der Waals surface area contributed by atoms with Crippen molar-refractivity contribution in [3.8, 4) is 0 Å². The summed E-state index contributed by atoms with van der Waals surface area (Å²) in [5, 5.41) is 9.28. The number of carbonyl (C=O) groups is 2. The van der Waals surface area contributed by atoms with Crippen LogP contribution in [0.3, 0.4) is 0 Å². The fraction of sp³-hybridized carbons (Fsp3) is 0.800. The minimum absolute atomic E-state index is 0.0418. The molecule has 0 rings (SSSR count). The maximum atomic E-state index is 11.6. The molecule has 1 unspecified atom stereocenters. The summed E-state index contributed by atoms with van der Waals surface area (Å²) in [5.41, 5.74) is 0. The highest BCUT2D eigenvalue weighted by atomic mass is 16.5. The third-order valence-electron chi connectivity index (χ3n) is 6.59. The normalized spacial score (nSPS) is 11.8. The summed E-state index contributed by atoms with van der Waals surface area (Å²) in [5.74, 6) is -1.98. The fourth-order valence-corrected chi connectivity index (χ4v) is 4.41. The second-order valence-electron chi connectivity index (χ2n) is 9.79. The molecule has 1 atom stereocenters. The van der Waals surface area contributed by atoms with Gasteiger partial charge in [0, 0.05) is 0 Å². The van der Waals surface area contributed by atoms with Gasteiger partial charge in [0.15, 0.2) is 0 Å². The van der Waals surface area contributed by atoms with Crippen LogP contribution < -0.4 is 0 Å². The zero-order chi connectivity index (χ0) is 25.1. The number of esters is 1. The molecule has 0 bridgehead atoms. The number of hydrogen-bond donors (Lipinski definition) is 1. The van der Waals surface area contributed by atoms with Gasteiger partial charge in [0.25, 0.3) is 0 Å². The van der Waals surface area contributed by atoms with E-state index in [1.807, 2.05) is 6.08 Å². The maximum absolute atomic E-state index is 11.6. The number of aliphatic carboxylic acids is 1. The quantitative estimate of drug-likeness (QED) is 0.0726. The molecule has 0 fully saturated rings. The lowest BCUT2D eigenvalue weighted by Crippen LogP contribution is -2.19. The smallest absolute Gasteiger partial charge is 0.307 e. The van der Waals surface area contributed by atoms with Gasteiger partial charge in [0.05, 0.1) is 12.3 Å². The maximum Gasteiger partial charge on any atom is 0.307 e. The van der Waals surface area contributed by atoms with E-state index in [9.17, 15) is 14.7 Å². The molecule has 0 aromatic rings. The Balaban J connectivity index is 3.34. The molecule has 0 aliphatic rings. The Morgan fingerprint density at radius 2 is 1.00 bits per heavy atom. The Morgan fingerprint density at radius 3 is 1.35 bits per heavy atom. The van der Waals surface area contributed by atoms with Gasteiger partial charge >= 0.3 is 11.9 Å². The summed E-state index contributed by atoms with van der Waals surface area (Å²) in [6.07, 6.45) is 30.1. The van der Waals surface area contributed by atoms with Crippen LogP contribution in [0.5, 0.6) is 0 Å². The molecule has 0 radical (unpaired) electrons. The summed E-state index contributed by atoms with van der Waals surface area (Å²) in [7, 11) is 0. The summed E-state index contributed by atoms with van der Waals surface area (Å²) >= 11 is 0. The van der Waals surface area contributed by atoms with Crippen molar-refractivity contribution in [3.05, 3.63) is 25.3 Å². The molecule has 0 aromatic carbocycles. The highest BCUT2D eigenvalue weighted by Crippen LogP contribution is 2.18. The highest BCUT2D eigenvalue weighted by molar-refractivity contribution is 5.78. The summed E-state index contributed by atoms with van der Waals surface area (Å²) in [6, 6.07) is 0. The first-order chi connectivity index (χ1) is 16.6. The van der Waals surface area contributed by atoms with E-state index in [0.717, 1.165) is 19.3 Å². The molecular weight excluding hydrogens is 424 g/mol. The van der Waals surface area contributed by atoms with Crippen LogP contribution in [0.25, 0.3) is 0 Å². The molecule has 0 saturated carbocycles. The van der Waals surface area contributed by atoms with Crippen molar-refractivity contribution in [3.63, 3.8) is 0 Å². The van der Waals surface area contributed by atoms with Gasteiger partial charge in [0.2, 0.25) is 0 Å². The van der Waals surface area contributed by atoms with Crippen LogP contribution >= 0.6 is 0 Å². The molecule has 0 aliphatic heterocycles. The zero-order valence-corrected chi connectivity index (χ0v) is 22.1. The fourth-order valence-electron chi connectivity index (χ4n) is 4.41. The largest absolute Gasteiger partial charge is 0.481 e. The molecule has 0 heterocycles. The van der Waals surface area contributed by atoms with E-state index in [-0.39, 0.29) is 13.0 Å². The van der Waals surface area contributed by atoms with E-state index in [0.29, 0.717) is 6.42 Å². The number of ether oxygens (including phenoxy) is 1. The van der Waals surface area contributed by atoms with Crippen LogP contribution in [-0.2, 0) is 14.3 Å². The van der Waals surface area contributed by atoms with E-state index < -0.39 is 17.9 Å². The summed E-state index contributed by atoms with van der Waals surface area (Å²) in [6.45, 7) is 7.40. The monoisotopic (exact) mass is 478 g/mol. The lowest BCUT2D eigenvalue weighted by atomic mass is 9.97. The average Bonchev–Trinajstić information content (AvgIpc) is 2.82. The molecule has 0 saturated heterocycles. The standard InChI is InChI=1S/C30H54O4/c1-3-5-6-7-8-9-10-11-12-13-14-15-16-17-18-19-20-21-22-23-24-25-28(30(32)33)27-29(31)34-26-4-2/h3-4,28H,1-2,5-27H2,(H,32,33). The molecule has 0 amide bonds. The van der Waals surface area contributed by atoms with Crippen LogP contribution in [0.4, 0.5) is 0 Å². The topological polar surface area (TPSA) is 63.6 Å². The molecule has 0 aromatic heterocycles. The molecule has 0 spiro atoms. The Bertz CT molecular complexity index is 500. The predicted octanol–water partition coefficient (Wildman–Crippen LogP) is 9.18. The van der Waals surface area contributed by atoms with Crippen LogP contribution in [0.1, 0.15) is 141 Å². The second kappa shape index (κ2) is 26.0. The SMILES string of the molecule is C=CCCCCCCCCCCCCCCCCCCCCCC(CC(=O)OCC=C)C(=O)O. The summed E-state index contributed by atoms with van der Waals surface area (Å²) in [4.78, 5) is 22.9. The average molecular weight is 479 g/mol. The lowest BCUT2D eigenvalue weighted by molar-refractivity contribution is -0.151. The Hall–Kier alpha value is -1.58. The molecule has 4 nitrogen and oxygen atoms in total. The molecule has 4 heteroatoms. The predicted molar refractivity (Wildman–Crippen MR) is 144 cm³/mol. The van der Waals surface area contributed by atoms with Gasteiger partial charge in [-0.1, -0.05) is 134 Å². The minimum atomic E-state index is -0.902. The van der Waals surface area contributed by atoms with Crippen molar-refractivity contribution in [1.29, 1.82) is 0 Å². The highest BCUT2D eigenvalue weighted by Gasteiger charge is 2.21. The van der Waals surface area contributed by atoms with Crippen molar-refractivity contribution < 1.29 is 19.4 Å². The number of rotatable bonds is 27. The van der Waals surface area contributed by atoms with Crippen molar-refractivity contribution >= 4 is 11.9 Å². The number of allylic oxidation sites excluding steroid dienone is 1. The number of hydrogen-bond acceptors (Lipinski definition) is 3. The van der Waals surface area contributed by atoms with Crippen molar-refractivity contribution in [2.45, 2.75) is 141 Å². The van der Waals surface area contributed by atoms with Gasteiger partial charge in [-0.25, -0.2) is 0 Å². The minimum Gasteiger partial charge on any atom is -0.481 e. The molecular formula is C30H54O4. The van der Waals surface area contributed by atoms with Crippen LogP contribution in [0.15, 0.2) is 25.3 Å². The first-order valence-electron chi connectivity index (χ1n) is 14.2. The first-order valence-corrected chi connectivity index (χ1v) is 14.2. The van der Waals surface area contributed by atoms with E-state index in [2.05, 4.69) is 13.2 Å².